The second kappa shape index (κ2) is 9.31. The standard InChI is InChI=1S/C29H31N5O3S/c1-29(2)17-21-16-22(10-11-25(21)38(29,35)36)32-27-26-24(34(33-27)23(12-14-30)20-8-9-20)13-15-31-28(26)37-18-19-6-4-3-5-7-19/h3-7,10-11,13,15-16,20,23,35-36H,8-9,12,17-18H2,1-2H3,(H,32,33)/t23-/m0/s1. The monoisotopic (exact) mass is 529 g/mol. The normalized spacial score (nSPS) is 18.9. The van der Waals surface area contributed by atoms with E-state index >= 15 is 0 Å². The van der Waals surface area contributed by atoms with E-state index in [2.05, 4.69) is 16.4 Å². The van der Waals surface area contributed by atoms with Gasteiger partial charge >= 0.3 is 0 Å². The van der Waals surface area contributed by atoms with E-state index in [1.165, 1.54) is 0 Å². The summed E-state index contributed by atoms with van der Waals surface area (Å²) >= 11 is 0. The average molecular weight is 530 g/mol. The van der Waals surface area contributed by atoms with Crippen LogP contribution in [-0.2, 0) is 13.0 Å². The molecule has 2 aromatic heterocycles. The van der Waals surface area contributed by atoms with E-state index in [1.54, 1.807) is 12.3 Å². The molecule has 1 aliphatic carbocycles. The first-order valence-electron chi connectivity index (χ1n) is 12.9. The molecule has 0 unspecified atom stereocenters. The van der Waals surface area contributed by atoms with Crippen LogP contribution in [0.15, 0.2) is 65.7 Å². The lowest BCUT2D eigenvalue weighted by molar-refractivity contribution is 0.298. The number of benzene rings is 2. The maximum atomic E-state index is 10.8. The van der Waals surface area contributed by atoms with Crippen molar-refractivity contribution in [2.24, 2.45) is 5.92 Å². The molecule has 4 aromatic rings. The SMILES string of the molecule is CC1(C)Cc2cc(Nc3nn([C@@H](CC#N)C4CC4)c4ccnc(OCc5ccccc5)c34)ccc2S1(O)O. The van der Waals surface area contributed by atoms with Crippen molar-refractivity contribution in [1.82, 2.24) is 14.8 Å². The van der Waals surface area contributed by atoms with Gasteiger partial charge in [-0.3, -0.25) is 13.8 Å². The summed E-state index contributed by atoms with van der Waals surface area (Å²) in [7, 11) is -2.87. The number of hydrogen-bond donors (Lipinski definition) is 3. The van der Waals surface area contributed by atoms with Gasteiger partial charge in [0.1, 0.15) is 12.0 Å². The van der Waals surface area contributed by atoms with Crippen molar-refractivity contribution in [3.63, 3.8) is 0 Å². The quantitative estimate of drug-likeness (QED) is 0.224. The molecular weight excluding hydrogens is 498 g/mol. The molecule has 196 valence electrons. The van der Waals surface area contributed by atoms with Crippen molar-refractivity contribution in [3.05, 3.63) is 71.9 Å². The number of fused-ring (bicyclic) bond motifs is 2. The van der Waals surface area contributed by atoms with E-state index in [4.69, 9.17) is 9.84 Å². The maximum Gasteiger partial charge on any atom is 0.227 e. The molecule has 0 spiro atoms. The Bertz CT molecular complexity index is 1540. The van der Waals surface area contributed by atoms with Gasteiger partial charge in [-0.15, -0.1) is 0 Å². The molecule has 1 saturated carbocycles. The van der Waals surface area contributed by atoms with Crippen LogP contribution in [0.1, 0.15) is 50.3 Å². The van der Waals surface area contributed by atoms with E-state index in [9.17, 15) is 14.4 Å². The largest absolute Gasteiger partial charge is 0.472 e. The van der Waals surface area contributed by atoms with Gasteiger partial charge in [-0.25, -0.2) is 4.98 Å². The Hall–Kier alpha value is -3.58. The topological polar surface area (TPSA) is 116 Å². The van der Waals surface area contributed by atoms with Gasteiger partial charge in [-0.1, -0.05) is 30.3 Å². The summed E-state index contributed by atoms with van der Waals surface area (Å²) in [5.41, 5.74) is 3.62. The van der Waals surface area contributed by atoms with E-state index in [1.807, 2.05) is 67.1 Å². The van der Waals surface area contributed by atoms with Crippen molar-refractivity contribution in [2.45, 2.75) is 61.8 Å². The zero-order chi connectivity index (χ0) is 26.5. The first-order valence-corrected chi connectivity index (χ1v) is 14.4. The van der Waals surface area contributed by atoms with Gasteiger partial charge < -0.3 is 10.1 Å². The Morgan fingerprint density at radius 3 is 2.71 bits per heavy atom. The summed E-state index contributed by atoms with van der Waals surface area (Å²) in [6.07, 6.45) is 4.87. The molecule has 8 nitrogen and oxygen atoms in total. The van der Waals surface area contributed by atoms with Crippen LogP contribution in [-0.4, -0.2) is 28.6 Å². The Kier molecular flexibility index (Phi) is 6.06. The highest BCUT2D eigenvalue weighted by Crippen LogP contribution is 2.66. The van der Waals surface area contributed by atoms with Crippen LogP contribution in [0.2, 0.25) is 0 Å². The fourth-order valence-electron chi connectivity index (χ4n) is 5.33. The predicted molar refractivity (Wildman–Crippen MR) is 149 cm³/mol. The molecule has 1 aliphatic heterocycles. The molecule has 3 heterocycles. The third-order valence-electron chi connectivity index (χ3n) is 7.60. The van der Waals surface area contributed by atoms with Gasteiger partial charge in [-0.2, -0.15) is 21.0 Å². The molecule has 1 atom stereocenters. The summed E-state index contributed by atoms with van der Waals surface area (Å²) in [6, 6.07) is 19.8. The summed E-state index contributed by atoms with van der Waals surface area (Å²) in [5.74, 6) is 1.51. The third-order valence-corrected chi connectivity index (χ3v) is 10.3. The number of nitrogens with zero attached hydrogens (tertiary/aromatic N) is 4. The van der Waals surface area contributed by atoms with Crippen LogP contribution < -0.4 is 10.1 Å². The Morgan fingerprint density at radius 2 is 1.97 bits per heavy atom. The smallest absolute Gasteiger partial charge is 0.227 e. The van der Waals surface area contributed by atoms with Crippen LogP contribution in [0.5, 0.6) is 5.88 Å². The van der Waals surface area contributed by atoms with Gasteiger partial charge in [0, 0.05) is 11.9 Å². The van der Waals surface area contributed by atoms with Gasteiger partial charge in [0.05, 0.1) is 33.7 Å². The Balaban J connectivity index is 1.41. The molecule has 3 N–H and O–H groups in total. The highest BCUT2D eigenvalue weighted by molar-refractivity contribution is 8.25. The van der Waals surface area contributed by atoms with E-state index in [-0.39, 0.29) is 6.04 Å². The molecule has 0 bridgehead atoms. The summed E-state index contributed by atoms with van der Waals surface area (Å²) in [4.78, 5) is 5.17. The zero-order valence-electron chi connectivity index (χ0n) is 21.5. The molecule has 0 saturated heterocycles. The van der Waals surface area contributed by atoms with Gasteiger partial charge in [0.25, 0.3) is 0 Å². The van der Waals surface area contributed by atoms with Crippen molar-refractivity contribution in [1.29, 1.82) is 5.26 Å². The van der Waals surface area contributed by atoms with Crippen molar-refractivity contribution < 1.29 is 13.8 Å². The first-order chi connectivity index (χ1) is 18.3. The number of anilines is 2. The summed E-state index contributed by atoms with van der Waals surface area (Å²) in [5, 5.41) is 18.7. The molecule has 1 fully saturated rings. The van der Waals surface area contributed by atoms with Crippen LogP contribution in [0.25, 0.3) is 10.9 Å². The highest BCUT2D eigenvalue weighted by atomic mass is 32.3. The van der Waals surface area contributed by atoms with Gasteiger partial charge in [-0.05, 0) is 74.4 Å². The molecule has 2 aliphatic rings. The Morgan fingerprint density at radius 1 is 1.18 bits per heavy atom. The summed E-state index contributed by atoms with van der Waals surface area (Å²) < 4.78 is 29.2. The van der Waals surface area contributed by atoms with E-state index in [0.29, 0.717) is 42.0 Å². The lowest BCUT2D eigenvalue weighted by Gasteiger charge is -2.41. The number of aromatic nitrogens is 3. The molecule has 9 heteroatoms. The number of nitriles is 1. The fourth-order valence-corrected chi connectivity index (χ4v) is 7.03. The number of ether oxygens (including phenoxy) is 1. The molecule has 0 radical (unpaired) electrons. The fraction of sp³-hybridized carbons (Fsp3) is 0.345. The minimum atomic E-state index is -2.87. The van der Waals surface area contributed by atoms with Crippen LogP contribution in [0.3, 0.4) is 0 Å². The molecule has 38 heavy (non-hydrogen) atoms. The van der Waals surface area contributed by atoms with Crippen LogP contribution >= 0.6 is 10.6 Å². The maximum absolute atomic E-state index is 10.8. The van der Waals surface area contributed by atoms with Gasteiger partial charge in [0.15, 0.2) is 5.82 Å². The predicted octanol–water partition coefficient (Wildman–Crippen LogP) is 7.06. The van der Waals surface area contributed by atoms with Crippen molar-refractivity contribution >= 4 is 33.0 Å². The Labute approximate surface area is 223 Å². The van der Waals surface area contributed by atoms with Crippen LogP contribution in [0.4, 0.5) is 11.5 Å². The number of pyridine rings is 1. The molecule has 2 aromatic carbocycles. The lowest BCUT2D eigenvalue weighted by Crippen LogP contribution is -2.24. The minimum absolute atomic E-state index is 0.0174. The first kappa shape index (κ1) is 24.7. The molecular formula is C29H31N5O3S. The lowest BCUT2D eigenvalue weighted by atomic mass is 10.0. The second-order valence-corrected chi connectivity index (χ2v) is 13.4. The van der Waals surface area contributed by atoms with Gasteiger partial charge in [0.2, 0.25) is 5.88 Å². The third kappa shape index (κ3) is 4.29. The van der Waals surface area contributed by atoms with Crippen molar-refractivity contribution in [2.75, 3.05) is 5.32 Å². The van der Waals surface area contributed by atoms with E-state index < -0.39 is 15.3 Å². The molecule has 6 rings (SSSR count). The minimum Gasteiger partial charge on any atom is -0.472 e. The number of rotatable bonds is 8. The highest BCUT2D eigenvalue weighted by Gasteiger charge is 2.43. The van der Waals surface area contributed by atoms with Crippen molar-refractivity contribution in [3.8, 4) is 11.9 Å². The summed E-state index contributed by atoms with van der Waals surface area (Å²) in [6.45, 7) is 4.15. The average Bonchev–Trinajstić information content (AvgIpc) is 3.65. The second-order valence-electron chi connectivity index (χ2n) is 10.8. The van der Waals surface area contributed by atoms with Crippen LogP contribution in [0, 0.1) is 17.2 Å². The number of hydrogen-bond acceptors (Lipinski definition) is 7. The number of nitrogens with one attached hydrogen (secondary N) is 1. The van der Waals surface area contributed by atoms with E-state index in [0.717, 1.165) is 40.6 Å². The molecule has 0 amide bonds. The zero-order valence-corrected chi connectivity index (χ0v) is 22.3.